The van der Waals surface area contributed by atoms with Crippen molar-refractivity contribution < 1.29 is 13.2 Å². The third-order valence-corrected chi connectivity index (χ3v) is 1.79. The molecule has 0 saturated heterocycles. The molecule has 0 heterocycles. The molecular formula is C10H8F3N. The van der Waals surface area contributed by atoms with Gasteiger partial charge in [-0.15, -0.1) is 0 Å². The van der Waals surface area contributed by atoms with E-state index in [9.17, 15) is 13.2 Å². The number of hydrogen-bond donors (Lipinski definition) is 0. The van der Waals surface area contributed by atoms with Gasteiger partial charge in [-0.1, -0.05) is 30.3 Å². The molecule has 0 radical (unpaired) electrons. The molecule has 0 aliphatic heterocycles. The maximum absolute atomic E-state index is 12.0. The Morgan fingerprint density at radius 2 is 1.79 bits per heavy atom. The number of hydrogen-bond acceptors (Lipinski definition) is 1. The van der Waals surface area contributed by atoms with E-state index in [1.54, 1.807) is 24.3 Å². The fourth-order valence-corrected chi connectivity index (χ4v) is 1.15. The minimum atomic E-state index is -4.30. The predicted molar refractivity (Wildman–Crippen MR) is 45.5 cm³/mol. The Labute approximate surface area is 79.8 Å². The summed E-state index contributed by atoms with van der Waals surface area (Å²) in [5.41, 5.74) is 0.410. The molecule has 1 atom stereocenters. The summed E-state index contributed by atoms with van der Waals surface area (Å²) < 4.78 is 36.1. The Morgan fingerprint density at radius 3 is 2.21 bits per heavy atom. The van der Waals surface area contributed by atoms with Crippen LogP contribution in [0.3, 0.4) is 0 Å². The topological polar surface area (TPSA) is 23.8 Å². The smallest absolute Gasteiger partial charge is 0.198 e. The van der Waals surface area contributed by atoms with E-state index in [2.05, 4.69) is 0 Å². The zero-order valence-corrected chi connectivity index (χ0v) is 7.25. The molecular weight excluding hydrogens is 191 g/mol. The van der Waals surface area contributed by atoms with Gasteiger partial charge in [0.2, 0.25) is 0 Å². The summed E-state index contributed by atoms with van der Waals surface area (Å²) in [5.74, 6) is -1.10. The molecule has 14 heavy (non-hydrogen) atoms. The van der Waals surface area contributed by atoms with Gasteiger partial charge in [-0.2, -0.15) is 18.4 Å². The van der Waals surface area contributed by atoms with Crippen LogP contribution in [0, 0.1) is 11.3 Å². The van der Waals surface area contributed by atoms with Crippen LogP contribution in [0.2, 0.25) is 0 Å². The third kappa shape index (κ3) is 3.09. The van der Waals surface area contributed by atoms with Gasteiger partial charge < -0.3 is 0 Å². The van der Waals surface area contributed by atoms with Crippen molar-refractivity contribution >= 4 is 0 Å². The Hall–Kier alpha value is -1.50. The molecule has 0 N–H and O–H groups in total. The largest absolute Gasteiger partial charge is 0.390 e. The Balaban J connectivity index is 2.80. The maximum Gasteiger partial charge on any atom is 0.390 e. The van der Waals surface area contributed by atoms with E-state index < -0.39 is 18.5 Å². The maximum atomic E-state index is 12.0. The summed E-state index contributed by atoms with van der Waals surface area (Å²) >= 11 is 0. The molecule has 1 aromatic rings. The SMILES string of the molecule is N#C[C@@H](CC(F)(F)F)c1ccccc1. The van der Waals surface area contributed by atoms with Crippen LogP contribution in [0.5, 0.6) is 0 Å². The van der Waals surface area contributed by atoms with Crippen molar-refractivity contribution in [2.45, 2.75) is 18.5 Å². The summed E-state index contributed by atoms with van der Waals surface area (Å²) in [7, 11) is 0. The summed E-state index contributed by atoms with van der Waals surface area (Å²) in [6.45, 7) is 0. The van der Waals surface area contributed by atoms with E-state index in [0.29, 0.717) is 5.56 Å². The van der Waals surface area contributed by atoms with Crippen molar-refractivity contribution in [1.29, 1.82) is 5.26 Å². The average molecular weight is 199 g/mol. The summed E-state index contributed by atoms with van der Waals surface area (Å²) in [5, 5.41) is 8.59. The van der Waals surface area contributed by atoms with Crippen molar-refractivity contribution in [2.75, 3.05) is 0 Å². The monoisotopic (exact) mass is 199 g/mol. The van der Waals surface area contributed by atoms with E-state index >= 15 is 0 Å². The average Bonchev–Trinajstić information content (AvgIpc) is 2.14. The summed E-state index contributed by atoms with van der Waals surface area (Å²) in [6, 6.07) is 9.65. The lowest BCUT2D eigenvalue weighted by Crippen LogP contribution is -2.12. The first-order valence-electron chi connectivity index (χ1n) is 4.04. The minimum absolute atomic E-state index is 0.410. The van der Waals surface area contributed by atoms with Gasteiger partial charge in [-0.25, -0.2) is 0 Å². The van der Waals surface area contributed by atoms with Crippen LogP contribution in [-0.4, -0.2) is 6.18 Å². The van der Waals surface area contributed by atoms with Crippen LogP contribution in [0.25, 0.3) is 0 Å². The lowest BCUT2D eigenvalue weighted by molar-refractivity contribution is -0.136. The Kier molecular flexibility index (Phi) is 3.13. The summed E-state index contributed by atoms with van der Waals surface area (Å²) in [6.07, 6.45) is -5.39. The second-order valence-electron chi connectivity index (χ2n) is 2.91. The molecule has 0 aliphatic rings. The molecule has 4 heteroatoms. The van der Waals surface area contributed by atoms with Crippen molar-refractivity contribution in [3.8, 4) is 6.07 Å². The fourth-order valence-electron chi connectivity index (χ4n) is 1.15. The molecule has 1 rings (SSSR count). The van der Waals surface area contributed by atoms with Gasteiger partial charge in [-0.05, 0) is 5.56 Å². The first-order chi connectivity index (χ1) is 6.53. The van der Waals surface area contributed by atoms with Crippen LogP contribution in [-0.2, 0) is 0 Å². The predicted octanol–water partition coefficient (Wildman–Crippen LogP) is 3.25. The van der Waals surface area contributed by atoms with Crippen molar-refractivity contribution in [1.82, 2.24) is 0 Å². The van der Waals surface area contributed by atoms with E-state index in [-0.39, 0.29) is 0 Å². The van der Waals surface area contributed by atoms with Crippen LogP contribution in [0.4, 0.5) is 13.2 Å². The molecule has 1 aromatic carbocycles. The van der Waals surface area contributed by atoms with Crippen molar-refractivity contribution in [2.24, 2.45) is 0 Å². The molecule has 0 aromatic heterocycles. The van der Waals surface area contributed by atoms with Crippen molar-refractivity contribution in [3.63, 3.8) is 0 Å². The quantitative estimate of drug-likeness (QED) is 0.717. The first-order valence-corrected chi connectivity index (χ1v) is 4.04. The highest BCUT2D eigenvalue weighted by Gasteiger charge is 2.32. The van der Waals surface area contributed by atoms with Crippen LogP contribution >= 0.6 is 0 Å². The lowest BCUT2D eigenvalue weighted by Gasteiger charge is -2.11. The zero-order valence-electron chi connectivity index (χ0n) is 7.25. The molecule has 0 aliphatic carbocycles. The Bertz CT molecular complexity index is 323. The van der Waals surface area contributed by atoms with Gasteiger partial charge in [0, 0.05) is 0 Å². The molecule has 0 unspecified atom stereocenters. The number of alkyl halides is 3. The standard InChI is InChI=1S/C10H8F3N/c11-10(12,13)6-9(7-14)8-4-2-1-3-5-8/h1-5,9H,6H2/t9-/m1/s1. The molecule has 0 bridgehead atoms. The lowest BCUT2D eigenvalue weighted by atomic mass is 9.97. The molecule has 74 valence electrons. The van der Waals surface area contributed by atoms with E-state index in [1.165, 1.54) is 12.1 Å². The van der Waals surface area contributed by atoms with Gasteiger partial charge in [0.25, 0.3) is 0 Å². The molecule has 0 fully saturated rings. The van der Waals surface area contributed by atoms with Gasteiger partial charge in [0.05, 0.1) is 18.4 Å². The van der Waals surface area contributed by atoms with Crippen LogP contribution in [0.1, 0.15) is 17.9 Å². The highest BCUT2D eigenvalue weighted by atomic mass is 19.4. The van der Waals surface area contributed by atoms with Gasteiger partial charge in [0.1, 0.15) is 0 Å². The first kappa shape index (κ1) is 10.6. The van der Waals surface area contributed by atoms with Gasteiger partial charge in [-0.3, -0.25) is 0 Å². The summed E-state index contributed by atoms with van der Waals surface area (Å²) in [4.78, 5) is 0. The second kappa shape index (κ2) is 4.14. The normalized spacial score (nSPS) is 13.3. The number of rotatable bonds is 2. The highest BCUT2D eigenvalue weighted by Crippen LogP contribution is 2.30. The minimum Gasteiger partial charge on any atom is -0.198 e. The molecule has 0 saturated carbocycles. The van der Waals surface area contributed by atoms with Gasteiger partial charge >= 0.3 is 6.18 Å². The number of halogens is 3. The zero-order chi connectivity index (χ0) is 10.6. The van der Waals surface area contributed by atoms with Crippen LogP contribution in [0.15, 0.2) is 30.3 Å². The second-order valence-corrected chi connectivity index (χ2v) is 2.91. The number of nitriles is 1. The van der Waals surface area contributed by atoms with E-state index in [1.807, 2.05) is 0 Å². The number of benzene rings is 1. The van der Waals surface area contributed by atoms with Crippen LogP contribution < -0.4 is 0 Å². The third-order valence-electron chi connectivity index (χ3n) is 1.79. The number of nitrogens with zero attached hydrogens (tertiary/aromatic N) is 1. The van der Waals surface area contributed by atoms with E-state index in [0.717, 1.165) is 0 Å². The molecule has 0 spiro atoms. The van der Waals surface area contributed by atoms with Gasteiger partial charge in [0.15, 0.2) is 0 Å². The molecule has 1 nitrogen and oxygen atoms in total. The fraction of sp³-hybridized carbons (Fsp3) is 0.300. The highest BCUT2D eigenvalue weighted by molar-refractivity contribution is 5.24. The van der Waals surface area contributed by atoms with E-state index in [4.69, 9.17) is 5.26 Å². The van der Waals surface area contributed by atoms with Crippen molar-refractivity contribution in [3.05, 3.63) is 35.9 Å². The molecule has 0 amide bonds. The Morgan fingerprint density at radius 1 is 1.21 bits per heavy atom.